The third-order valence-electron chi connectivity index (χ3n) is 5.02. The zero-order chi connectivity index (χ0) is 24.4. The molecule has 1 aromatic carbocycles. The van der Waals surface area contributed by atoms with E-state index in [1.807, 2.05) is 24.3 Å². The highest BCUT2D eigenvalue weighted by Gasteiger charge is 2.32. The van der Waals surface area contributed by atoms with Crippen LogP contribution in [0.5, 0.6) is 0 Å². The van der Waals surface area contributed by atoms with Crippen LogP contribution in [-0.4, -0.2) is 26.4 Å². The molecule has 0 aliphatic heterocycles. The number of rotatable bonds is 5. The average molecular weight is 473 g/mol. The standard InChI is InChI=1S/C22H16N8O3S/c1-11(20(31)27-16-7-3-6-15-12(16)5-4-8-26-15)34-21-14(10-24)17(13(9-23)19(25)28-21)18-22(32)33-29-30(18)2/h3-8,11H,1-2H3,(H3-,25,26,27,28,29,31,32)/p+1. The van der Waals surface area contributed by atoms with Crippen LogP contribution >= 0.6 is 11.8 Å². The molecule has 11 nitrogen and oxygen atoms in total. The number of hydrogen-bond acceptors (Lipinski definition) is 9. The fourth-order valence-corrected chi connectivity index (χ4v) is 4.32. The molecule has 3 heterocycles. The lowest BCUT2D eigenvalue weighted by Crippen LogP contribution is -2.34. The van der Waals surface area contributed by atoms with Gasteiger partial charge in [-0.25, -0.2) is 9.78 Å². The predicted octanol–water partition coefficient (Wildman–Crippen LogP) is 1.85. The van der Waals surface area contributed by atoms with Crippen molar-refractivity contribution in [3.05, 3.63) is 58.1 Å². The number of aromatic nitrogens is 4. The van der Waals surface area contributed by atoms with Gasteiger partial charge in [-0.1, -0.05) is 22.5 Å². The van der Waals surface area contributed by atoms with Gasteiger partial charge < -0.3 is 11.1 Å². The Morgan fingerprint density at radius 2 is 2.03 bits per heavy atom. The number of nitrogens with zero attached hydrogens (tertiary/aromatic N) is 5. The number of fused-ring (bicyclic) bond motifs is 1. The number of anilines is 2. The molecule has 3 aromatic heterocycles. The van der Waals surface area contributed by atoms with Crippen LogP contribution in [0.2, 0.25) is 0 Å². The molecule has 4 aromatic rings. The van der Waals surface area contributed by atoms with E-state index < -0.39 is 10.9 Å². The molecule has 4 rings (SSSR count). The lowest BCUT2D eigenvalue weighted by Gasteiger charge is -2.15. The number of nitrogens with two attached hydrogens (primary N) is 1. The molecule has 0 spiro atoms. The van der Waals surface area contributed by atoms with Gasteiger partial charge in [0.05, 0.1) is 22.0 Å². The number of carbonyl (C=O) groups is 1. The highest BCUT2D eigenvalue weighted by atomic mass is 32.2. The van der Waals surface area contributed by atoms with E-state index in [0.29, 0.717) is 5.69 Å². The topological polar surface area (TPSA) is 178 Å². The SMILES string of the molecule is CC(Sc1nc(N)c(C#N)c(-c2c(=O)o[nH][n+]2C)c1C#N)C(=O)Nc1cccc2ncccc12. The van der Waals surface area contributed by atoms with Gasteiger partial charge in [-0.15, -0.1) is 0 Å². The third kappa shape index (κ3) is 3.94. The Balaban J connectivity index is 1.71. The van der Waals surface area contributed by atoms with Gasteiger partial charge in [0.2, 0.25) is 5.91 Å². The summed E-state index contributed by atoms with van der Waals surface area (Å²) in [7, 11) is 1.49. The van der Waals surface area contributed by atoms with E-state index in [4.69, 9.17) is 10.3 Å². The summed E-state index contributed by atoms with van der Waals surface area (Å²) in [5.74, 6) is -0.518. The molecule has 0 aliphatic rings. The summed E-state index contributed by atoms with van der Waals surface area (Å²) in [6.07, 6.45) is 1.67. The van der Waals surface area contributed by atoms with Crippen molar-refractivity contribution in [2.45, 2.75) is 17.2 Å². The summed E-state index contributed by atoms with van der Waals surface area (Å²) < 4.78 is 6.01. The highest BCUT2D eigenvalue weighted by Crippen LogP contribution is 2.35. The van der Waals surface area contributed by atoms with Crippen molar-refractivity contribution >= 4 is 40.1 Å². The fourth-order valence-electron chi connectivity index (χ4n) is 3.40. The molecule has 0 bridgehead atoms. The van der Waals surface area contributed by atoms with E-state index in [1.165, 1.54) is 11.7 Å². The van der Waals surface area contributed by atoms with Crippen LogP contribution in [-0.2, 0) is 11.8 Å². The Morgan fingerprint density at radius 1 is 1.26 bits per heavy atom. The van der Waals surface area contributed by atoms with Crippen LogP contribution in [0.15, 0.2) is 50.9 Å². The molecule has 1 amide bonds. The smallest absolute Gasteiger partial charge is 0.383 e. The number of aromatic amines is 1. The van der Waals surface area contributed by atoms with Crippen LogP contribution < -0.4 is 21.4 Å². The van der Waals surface area contributed by atoms with Crippen LogP contribution in [0.25, 0.3) is 22.2 Å². The fraction of sp³-hybridized carbons (Fsp3) is 0.136. The molecule has 12 heteroatoms. The number of benzene rings is 1. The Hall–Kier alpha value is -4.68. The first-order chi connectivity index (χ1) is 16.3. The van der Waals surface area contributed by atoms with Gasteiger partial charge >= 0.3 is 11.3 Å². The zero-order valence-corrected chi connectivity index (χ0v) is 18.8. The van der Waals surface area contributed by atoms with E-state index in [9.17, 15) is 20.1 Å². The number of pyridine rings is 2. The highest BCUT2D eigenvalue weighted by molar-refractivity contribution is 8.00. The Kier molecular flexibility index (Phi) is 5.99. The van der Waals surface area contributed by atoms with Crippen LogP contribution in [0, 0.1) is 22.7 Å². The molecule has 1 atom stereocenters. The third-order valence-corrected chi connectivity index (χ3v) is 6.10. The predicted molar refractivity (Wildman–Crippen MR) is 123 cm³/mol. The first-order valence-electron chi connectivity index (χ1n) is 9.88. The number of nitrogens with one attached hydrogen (secondary N) is 2. The van der Waals surface area contributed by atoms with E-state index >= 15 is 0 Å². The first kappa shape index (κ1) is 22.5. The van der Waals surface area contributed by atoms with Crippen molar-refractivity contribution < 1.29 is 14.0 Å². The second-order valence-corrected chi connectivity index (χ2v) is 8.49. The molecule has 1 unspecified atom stereocenters. The number of H-pyrrole nitrogens is 1. The number of nitrogen functional groups attached to an aromatic ring is 1. The summed E-state index contributed by atoms with van der Waals surface area (Å²) in [5.41, 5.74) is 6.25. The number of carbonyl (C=O) groups excluding carboxylic acids is 1. The summed E-state index contributed by atoms with van der Waals surface area (Å²) in [4.78, 5) is 33.7. The number of amides is 1. The second kappa shape index (κ2) is 9.05. The lowest BCUT2D eigenvalue weighted by atomic mass is 10.0. The van der Waals surface area contributed by atoms with Gasteiger partial charge in [-0.05, 0) is 36.5 Å². The van der Waals surface area contributed by atoms with E-state index in [-0.39, 0.29) is 39.1 Å². The minimum Gasteiger partial charge on any atom is -0.383 e. The molecule has 168 valence electrons. The number of nitriles is 2. The number of aryl methyl sites for hydroxylation is 1. The minimum absolute atomic E-state index is 0.00904. The largest absolute Gasteiger partial charge is 0.435 e. The summed E-state index contributed by atoms with van der Waals surface area (Å²) >= 11 is 0.981. The van der Waals surface area contributed by atoms with E-state index in [0.717, 1.165) is 22.7 Å². The molecule has 4 N–H and O–H groups in total. The molecule has 34 heavy (non-hydrogen) atoms. The Bertz CT molecular complexity index is 1570. The summed E-state index contributed by atoms with van der Waals surface area (Å²) in [6, 6.07) is 12.9. The quantitative estimate of drug-likeness (QED) is 0.288. The first-order valence-corrected chi connectivity index (χ1v) is 10.8. The molecule has 0 aliphatic carbocycles. The van der Waals surface area contributed by atoms with Crippen LogP contribution in [0.1, 0.15) is 18.1 Å². The van der Waals surface area contributed by atoms with Crippen molar-refractivity contribution in [1.29, 1.82) is 10.5 Å². The molecular weight excluding hydrogens is 456 g/mol. The molecule has 0 saturated heterocycles. The summed E-state index contributed by atoms with van der Waals surface area (Å²) in [5, 5.41) is 24.9. The number of thioether (sulfide) groups is 1. The van der Waals surface area contributed by atoms with Crippen molar-refractivity contribution in [1.82, 2.24) is 15.2 Å². The molecule has 0 fully saturated rings. The van der Waals surface area contributed by atoms with Crippen molar-refractivity contribution in [2.75, 3.05) is 11.1 Å². The van der Waals surface area contributed by atoms with E-state index in [1.54, 1.807) is 31.3 Å². The van der Waals surface area contributed by atoms with Gasteiger partial charge in [0.1, 0.15) is 34.1 Å². The Labute approximate surface area is 196 Å². The van der Waals surface area contributed by atoms with Crippen molar-refractivity contribution in [2.24, 2.45) is 7.05 Å². The molecule has 0 saturated carbocycles. The molecule has 0 radical (unpaired) electrons. The average Bonchev–Trinajstić information content (AvgIpc) is 3.16. The van der Waals surface area contributed by atoms with Crippen LogP contribution in [0.3, 0.4) is 0 Å². The van der Waals surface area contributed by atoms with Gasteiger partial charge in [0.25, 0.3) is 0 Å². The van der Waals surface area contributed by atoms with Crippen LogP contribution in [0.4, 0.5) is 11.5 Å². The maximum Gasteiger partial charge on any atom is 0.435 e. The van der Waals surface area contributed by atoms with Gasteiger partial charge in [-0.2, -0.15) is 10.5 Å². The monoisotopic (exact) mass is 473 g/mol. The van der Waals surface area contributed by atoms with Gasteiger partial charge in [-0.3, -0.25) is 14.3 Å². The van der Waals surface area contributed by atoms with Gasteiger partial charge in [0.15, 0.2) is 7.05 Å². The zero-order valence-electron chi connectivity index (χ0n) is 18.0. The van der Waals surface area contributed by atoms with Gasteiger partial charge in [0, 0.05) is 11.6 Å². The minimum atomic E-state index is -0.785. The van der Waals surface area contributed by atoms with Crippen molar-refractivity contribution in [3.8, 4) is 23.4 Å². The maximum atomic E-state index is 13.0. The maximum absolute atomic E-state index is 13.0. The summed E-state index contributed by atoms with van der Waals surface area (Å²) in [6.45, 7) is 1.64. The normalized spacial score (nSPS) is 11.5. The van der Waals surface area contributed by atoms with E-state index in [2.05, 4.69) is 20.6 Å². The second-order valence-electron chi connectivity index (χ2n) is 7.16. The lowest BCUT2D eigenvalue weighted by molar-refractivity contribution is -0.730. The Morgan fingerprint density at radius 3 is 2.71 bits per heavy atom. The number of hydrogen-bond donors (Lipinski definition) is 3. The van der Waals surface area contributed by atoms with Crippen molar-refractivity contribution in [3.63, 3.8) is 0 Å². The molecular formula is C22H17N8O3S+.